The number of allylic oxidation sites excluding steroid dienone is 2. The second kappa shape index (κ2) is 13.1. The fourth-order valence-electron chi connectivity index (χ4n) is 3.66. The Morgan fingerprint density at radius 1 is 1.16 bits per heavy atom. The Labute approximate surface area is 155 Å². The molecule has 2 atom stereocenters. The lowest BCUT2D eigenvalue weighted by molar-refractivity contribution is -0.935. The van der Waals surface area contributed by atoms with Gasteiger partial charge in [-0.15, -0.1) is 0 Å². The van der Waals surface area contributed by atoms with E-state index in [1.807, 2.05) is 0 Å². The van der Waals surface area contributed by atoms with Crippen molar-refractivity contribution in [3.05, 3.63) is 12.2 Å². The molecular formula is C21H40N3O+. The zero-order valence-corrected chi connectivity index (χ0v) is 16.8. The summed E-state index contributed by atoms with van der Waals surface area (Å²) >= 11 is 0. The fourth-order valence-corrected chi connectivity index (χ4v) is 3.66. The third-order valence-corrected chi connectivity index (χ3v) is 5.37. The first-order chi connectivity index (χ1) is 12.1. The standard InChI is InChI=1S/C21H39N3O/c1-4-6-7-8-9-10-11-12-13-14-15-21-23-17-19-24(21,5-2)18-16-22-20(3)25/h7-8,17,21H,4-6,9-16,18-19H2,1-3H3/p+1/b8-7+. The molecule has 1 heterocycles. The lowest BCUT2D eigenvalue weighted by Gasteiger charge is -2.38. The predicted octanol–water partition coefficient (Wildman–Crippen LogP) is 4.46. The number of amides is 1. The van der Waals surface area contributed by atoms with E-state index in [1.165, 1.54) is 57.8 Å². The lowest BCUT2D eigenvalue weighted by Crippen LogP contribution is -2.55. The summed E-state index contributed by atoms with van der Waals surface area (Å²) < 4.78 is 1.02. The van der Waals surface area contributed by atoms with Gasteiger partial charge in [0.2, 0.25) is 5.91 Å². The van der Waals surface area contributed by atoms with E-state index in [0.29, 0.717) is 6.17 Å². The van der Waals surface area contributed by atoms with Crippen molar-refractivity contribution in [2.45, 2.75) is 84.7 Å². The molecule has 2 unspecified atom stereocenters. The SMILES string of the molecule is CCC/C=C/CCCCCCCC1N=CC[N+]1(CC)CCNC(C)=O. The Balaban J connectivity index is 2.17. The number of likely N-dealkylation sites (N-methyl/N-ethyl adjacent to an activating group) is 1. The summed E-state index contributed by atoms with van der Waals surface area (Å²) in [5.41, 5.74) is 0. The van der Waals surface area contributed by atoms with Crippen LogP contribution in [0.4, 0.5) is 0 Å². The van der Waals surface area contributed by atoms with Crippen molar-refractivity contribution in [1.29, 1.82) is 0 Å². The molecule has 0 saturated heterocycles. The van der Waals surface area contributed by atoms with Crippen molar-refractivity contribution < 1.29 is 9.28 Å². The highest BCUT2D eigenvalue weighted by Crippen LogP contribution is 2.24. The average Bonchev–Trinajstić information content (AvgIpc) is 2.99. The molecule has 0 saturated carbocycles. The van der Waals surface area contributed by atoms with Crippen molar-refractivity contribution in [3.8, 4) is 0 Å². The van der Waals surface area contributed by atoms with Crippen LogP contribution < -0.4 is 5.32 Å². The number of carbonyl (C=O) groups is 1. The van der Waals surface area contributed by atoms with E-state index in [9.17, 15) is 4.79 Å². The molecule has 1 aliphatic rings. The average molecular weight is 351 g/mol. The molecule has 1 N–H and O–H groups in total. The molecule has 0 aromatic heterocycles. The molecular weight excluding hydrogens is 310 g/mol. The van der Waals surface area contributed by atoms with Gasteiger partial charge in [-0.05, 0) is 32.6 Å². The molecule has 0 aromatic carbocycles. The summed E-state index contributed by atoms with van der Waals surface area (Å²) in [6.45, 7) is 9.93. The molecule has 4 nitrogen and oxygen atoms in total. The highest BCUT2D eigenvalue weighted by Gasteiger charge is 2.37. The van der Waals surface area contributed by atoms with E-state index in [-0.39, 0.29) is 5.91 Å². The molecule has 144 valence electrons. The first-order valence-corrected chi connectivity index (χ1v) is 10.4. The molecule has 1 rings (SSSR count). The van der Waals surface area contributed by atoms with Crippen LogP contribution in [-0.2, 0) is 4.79 Å². The molecule has 0 radical (unpaired) electrons. The number of rotatable bonds is 14. The van der Waals surface area contributed by atoms with Gasteiger partial charge in [0.15, 0.2) is 6.17 Å². The Bertz CT molecular complexity index is 419. The number of hydrogen-bond donors (Lipinski definition) is 1. The van der Waals surface area contributed by atoms with E-state index >= 15 is 0 Å². The number of nitrogens with one attached hydrogen (secondary N) is 1. The number of carbonyl (C=O) groups excluding carboxylic acids is 1. The third-order valence-electron chi connectivity index (χ3n) is 5.37. The Hall–Kier alpha value is -1.16. The minimum atomic E-state index is 0.0652. The van der Waals surface area contributed by atoms with Crippen molar-refractivity contribution in [1.82, 2.24) is 5.32 Å². The van der Waals surface area contributed by atoms with Gasteiger partial charge in [0.05, 0.1) is 25.8 Å². The molecule has 0 spiro atoms. The van der Waals surface area contributed by atoms with Crippen LogP contribution in [0.25, 0.3) is 0 Å². The maximum atomic E-state index is 11.1. The van der Waals surface area contributed by atoms with E-state index in [4.69, 9.17) is 4.99 Å². The zero-order chi connectivity index (χ0) is 18.4. The Morgan fingerprint density at radius 3 is 2.60 bits per heavy atom. The maximum Gasteiger partial charge on any atom is 0.217 e. The van der Waals surface area contributed by atoms with Crippen molar-refractivity contribution >= 4 is 12.1 Å². The van der Waals surface area contributed by atoms with Crippen molar-refractivity contribution in [2.24, 2.45) is 4.99 Å². The first kappa shape index (κ1) is 21.9. The fraction of sp³-hybridized carbons (Fsp3) is 0.810. The summed E-state index contributed by atoms with van der Waals surface area (Å²) in [5, 5.41) is 2.95. The van der Waals surface area contributed by atoms with Gasteiger partial charge in [0, 0.05) is 13.3 Å². The van der Waals surface area contributed by atoms with Gasteiger partial charge in [-0.25, -0.2) is 4.99 Å². The van der Waals surface area contributed by atoms with Crippen LogP contribution in [0.15, 0.2) is 17.1 Å². The molecule has 25 heavy (non-hydrogen) atoms. The highest BCUT2D eigenvalue weighted by atomic mass is 16.1. The highest BCUT2D eigenvalue weighted by molar-refractivity contribution is 5.72. The molecule has 1 amide bonds. The van der Waals surface area contributed by atoms with Crippen LogP contribution in [0.5, 0.6) is 0 Å². The second-order valence-corrected chi connectivity index (χ2v) is 7.34. The lowest BCUT2D eigenvalue weighted by atomic mass is 10.1. The Morgan fingerprint density at radius 2 is 1.88 bits per heavy atom. The predicted molar refractivity (Wildman–Crippen MR) is 108 cm³/mol. The molecule has 1 aliphatic heterocycles. The van der Waals surface area contributed by atoms with Gasteiger partial charge in [0.1, 0.15) is 6.54 Å². The quantitative estimate of drug-likeness (QED) is 0.280. The molecule has 0 fully saturated rings. The normalized spacial score (nSPS) is 22.8. The number of aliphatic imine (C=N–C) groups is 1. The largest absolute Gasteiger partial charge is 0.351 e. The van der Waals surface area contributed by atoms with Crippen LogP contribution in [0.2, 0.25) is 0 Å². The maximum absolute atomic E-state index is 11.1. The summed E-state index contributed by atoms with van der Waals surface area (Å²) in [6.07, 6.45) is 18.7. The van der Waals surface area contributed by atoms with Crippen molar-refractivity contribution in [3.63, 3.8) is 0 Å². The smallest absolute Gasteiger partial charge is 0.217 e. The molecule has 0 bridgehead atoms. The van der Waals surface area contributed by atoms with Crippen LogP contribution in [0.1, 0.15) is 78.6 Å². The second-order valence-electron chi connectivity index (χ2n) is 7.34. The summed E-state index contributed by atoms with van der Waals surface area (Å²) in [7, 11) is 0. The number of unbranched alkanes of at least 4 members (excludes halogenated alkanes) is 6. The third kappa shape index (κ3) is 8.66. The topological polar surface area (TPSA) is 41.5 Å². The zero-order valence-electron chi connectivity index (χ0n) is 16.8. The van der Waals surface area contributed by atoms with Gasteiger partial charge < -0.3 is 5.32 Å². The summed E-state index contributed by atoms with van der Waals surface area (Å²) in [6, 6.07) is 0. The molecule has 0 aliphatic carbocycles. The molecule has 0 aromatic rings. The van der Waals surface area contributed by atoms with Crippen LogP contribution in [-0.4, -0.2) is 48.9 Å². The summed E-state index contributed by atoms with van der Waals surface area (Å²) in [5.74, 6) is 0.0652. The minimum Gasteiger partial charge on any atom is -0.351 e. The van der Waals surface area contributed by atoms with Crippen LogP contribution >= 0.6 is 0 Å². The van der Waals surface area contributed by atoms with Gasteiger partial charge in [0.25, 0.3) is 0 Å². The van der Waals surface area contributed by atoms with Gasteiger partial charge in [-0.1, -0.05) is 44.8 Å². The van der Waals surface area contributed by atoms with Crippen molar-refractivity contribution in [2.75, 3.05) is 26.2 Å². The van der Waals surface area contributed by atoms with Gasteiger partial charge in [-0.2, -0.15) is 0 Å². The van der Waals surface area contributed by atoms with Crippen LogP contribution in [0.3, 0.4) is 0 Å². The minimum absolute atomic E-state index is 0.0652. The monoisotopic (exact) mass is 350 g/mol. The van der Waals surface area contributed by atoms with E-state index in [2.05, 4.69) is 37.5 Å². The number of nitrogens with zero attached hydrogens (tertiary/aromatic N) is 2. The molecule has 4 heteroatoms. The van der Waals surface area contributed by atoms with E-state index < -0.39 is 0 Å². The van der Waals surface area contributed by atoms with Gasteiger partial charge >= 0.3 is 0 Å². The van der Waals surface area contributed by atoms with Crippen LogP contribution in [0, 0.1) is 0 Å². The summed E-state index contributed by atoms with van der Waals surface area (Å²) in [4.78, 5) is 15.9. The number of hydrogen-bond acceptors (Lipinski definition) is 2. The van der Waals surface area contributed by atoms with Gasteiger partial charge in [-0.3, -0.25) is 9.28 Å². The number of quaternary nitrogens is 1. The Kier molecular flexibility index (Phi) is 11.5. The first-order valence-electron chi connectivity index (χ1n) is 10.4. The van der Waals surface area contributed by atoms with E-state index in [0.717, 1.165) is 30.7 Å². The van der Waals surface area contributed by atoms with E-state index in [1.54, 1.807) is 6.92 Å².